The van der Waals surface area contributed by atoms with E-state index in [1.807, 2.05) is 0 Å². The van der Waals surface area contributed by atoms with Crippen molar-refractivity contribution in [3.05, 3.63) is 41.7 Å². The average molecular weight is 369 g/mol. The van der Waals surface area contributed by atoms with Gasteiger partial charge in [0.1, 0.15) is 5.82 Å². The van der Waals surface area contributed by atoms with Crippen molar-refractivity contribution in [3.8, 4) is 0 Å². The molecule has 2 saturated heterocycles. The van der Waals surface area contributed by atoms with Gasteiger partial charge in [-0.25, -0.2) is 4.39 Å². The Morgan fingerprint density at radius 1 is 1.00 bits per heavy atom. The molecule has 2 bridgehead atoms. The first-order chi connectivity index (χ1) is 13.0. The van der Waals surface area contributed by atoms with E-state index in [4.69, 9.17) is 0 Å². The Labute approximate surface area is 158 Å². The number of benzene rings is 1. The molecule has 4 aliphatic rings. The Bertz CT molecular complexity index is 813. The number of carbonyl (C=O) groups excluding carboxylic acids is 2. The van der Waals surface area contributed by atoms with Gasteiger partial charge in [-0.1, -0.05) is 11.6 Å². The maximum atomic E-state index is 13.1. The Morgan fingerprint density at radius 3 is 2.37 bits per heavy atom. The molecule has 5 nitrogen and oxygen atoms in total. The van der Waals surface area contributed by atoms with Crippen LogP contribution in [0.25, 0.3) is 0 Å². The smallest absolute Gasteiger partial charge is 0.234 e. The van der Waals surface area contributed by atoms with Gasteiger partial charge in [-0.05, 0) is 49.4 Å². The standard InChI is InChI=1S/C21H24FN3O2/c1-13-10-14-11-17(13)19-18(14)20(26)25(21(19)27)12-23-6-8-24(9-7-23)16-4-2-15(22)3-5-16/h2-5,10,14,17-19H,6-9,11-12H2,1H3/t14-,17+,18+,19+/m0/s1. The predicted octanol–water partition coefficient (Wildman–Crippen LogP) is 2.10. The van der Waals surface area contributed by atoms with Gasteiger partial charge in [0.25, 0.3) is 0 Å². The van der Waals surface area contributed by atoms with Crippen molar-refractivity contribution in [2.75, 3.05) is 37.7 Å². The fraction of sp³-hybridized carbons (Fsp3) is 0.524. The topological polar surface area (TPSA) is 43.9 Å². The van der Waals surface area contributed by atoms with Crippen molar-refractivity contribution in [1.29, 1.82) is 0 Å². The SMILES string of the molecule is CC1=C[C@H]2C[C@H]1[C@H]1C(=O)N(CN3CCN(c4ccc(F)cc4)CC3)C(=O)[C@@H]12. The number of piperazine rings is 1. The fourth-order valence-corrected chi connectivity index (χ4v) is 5.47. The molecule has 0 unspecified atom stereocenters. The molecule has 0 radical (unpaired) electrons. The summed E-state index contributed by atoms with van der Waals surface area (Å²) in [6.45, 7) is 5.68. The summed E-state index contributed by atoms with van der Waals surface area (Å²) < 4.78 is 13.1. The highest BCUT2D eigenvalue weighted by molar-refractivity contribution is 6.06. The van der Waals surface area contributed by atoms with Gasteiger partial charge in [-0.2, -0.15) is 0 Å². The summed E-state index contributed by atoms with van der Waals surface area (Å²) >= 11 is 0. The number of nitrogens with zero attached hydrogens (tertiary/aromatic N) is 3. The van der Waals surface area contributed by atoms with Crippen molar-refractivity contribution >= 4 is 17.5 Å². The van der Waals surface area contributed by atoms with E-state index in [0.717, 1.165) is 38.3 Å². The molecule has 0 spiro atoms. The third-order valence-electron chi connectivity index (χ3n) is 6.88. The zero-order valence-electron chi connectivity index (χ0n) is 15.5. The van der Waals surface area contributed by atoms with Gasteiger partial charge in [0.2, 0.25) is 11.8 Å². The van der Waals surface area contributed by atoms with Gasteiger partial charge < -0.3 is 4.90 Å². The molecule has 1 saturated carbocycles. The van der Waals surface area contributed by atoms with Gasteiger partial charge in [0.05, 0.1) is 18.5 Å². The molecule has 2 amide bonds. The highest BCUT2D eigenvalue weighted by Crippen LogP contribution is 2.55. The molecule has 0 N–H and O–H groups in total. The lowest BCUT2D eigenvalue weighted by Crippen LogP contribution is -2.51. The van der Waals surface area contributed by atoms with E-state index in [0.29, 0.717) is 6.67 Å². The first-order valence-corrected chi connectivity index (χ1v) is 9.79. The first kappa shape index (κ1) is 16.9. The van der Waals surface area contributed by atoms with Crippen LogP contribution in [0.4, 0.5) is 10.1 Å². The normalized spacial score (nSPS) is 33.0. The molecule has 142 valence electrons. The quantitative estimate of drug-likeness (QED) is 0.605. The second-order valence-corrected chi connectivity index (χ2v) is 8.30. The molecule has 0 aromatic heterocycles. The van der Waals surface area contributed by atoms with Gasteiger partial charge >= 0.3 is 0 Å². The number of hydrogen-bond acceptors (Lipinski definition) is 4. The molecule has 3 fully saturated rings. The predicted molar refractivity (Wildman–Crippen MR) is 99.2 cm³/mol. The maximum Gasteiger partial charge on any atom is 0.234 e. The number of likely N-dealkylation sites (tertiary alicyclic amines) is 1. The highest BCUT2D eigenvalue weighted by Gasteiger charge is 2.60. The molecular weight excluding hydrogens is 345 g/mol. The lowest BCUT2D eigenvalue weighted by molar-refractivity contribution is -0.143. The van der Waals surface area contributed by atoms with Crippen LogP contribution in [0.1, 0.15) is 13.3 Å². The number of amides is 2. The molecule has 1 aromatic rings. The van der Waals surface area contributed by atoms with Gasteiger partial charge in [0, 0.05) is 31.9 Å². The maximum absolute atomic E-state index is 13.1. The van der Waals surface area contributed by atoms with Crippen LogP contribution >= 0.6 is 0 Å². The zero-order chi connectivity index (χ0) is 18.7. The monoisotopic (exact) mass is 369 g/mol. The molecule has 2 aliphatic carbocycles. The van der Waals surface area contributed by atoms with Crippen molar-refractivity contribution in [2.24, 2.45) is 23.7 Å². The van der Waals surface area contributed by atoms with Crippen LogP contribution in [-0.4, -0.2) is 54.5 Å². The minimum Gasteiger partial charge on any atom is -0.369 e. The Kier molecular flexibility index (Phi) is 3.86. The minimum absolute atomic E-state index is 0.0298. The molecule has 5 rings (SSSR count). The zero-order valence-corrected chi connectivity index (χ0v) is 15.5. The van der Waals surface area contributed by atoms with Crippen molar-refractivity contribution in [1.82, 2.24) is 9.80 Å². The van der Waals surface area contributed by atoms with Gasteiger partial charge in [-0.15, -0.1) is 0 Å². The number of anilines is 1. The second kappa shape index (κ2) is 6.16. The molecule has 4 atom stereocenters. The summed E-state index contributed by atoms with van der Waals surface area (Å²) in [7, 11) is 0. The van der Waals surface area contributed by atoms with E-state index in [2.05, 4.69) is 22.8 Å². The number of carbonyl (C=O) groups is 2. The Balaban J connectivity index is 1.22. The molecule has 6 heteroatoms. The summed E-state index contributed by atoms with van der Waals surface area (Å²) in [5.74, 6) is 0.133. The number of halogens is 1. The lowest BCUT2D eigenvalue weighted by Gasteiger charge is -2.37. The van der Waals surface area contributed by atoms with Crippen LogP contribution in [0.5, 0.6) is 0 Å². The number of allylic oxidation sites excluding steroid dienone is 2. The summed E-state index contributed by atoms with van der Waals surface area (Å²) in [5.41, 5.74) is 2.30. The minimum atomic E-state index is -0.229. The molecule has 1 aromatic carbocycles. The van der Waals surface area contributed by atoms with Crippen LogP contribution in [0.15, 0.2) is 35.9 Å². The van der Waals surface area contributed by atoms with Gasteiger partial charge in [0.15, 0.2) is 0 Å². The molecule has 27 heavy (non-hydrogen) atoms. The van der Waals surface area contributed by atoms with Crippen LogP contribution in [0.2, 0.25) is 0 Å². The average Bonchev–Trinajstić information content (AvgIpc) is 3.30. The summed E-state index contributed by atoms with van der Waals surface area (Å²) in [6.07, 6.45) is 3.19. The van der Waals surface area contributed by atoms with Crippen molar-refractivity contribution in [3.63, 3.8) is 0 Å². The van der Waals surface area contributed by atoms with E-state index < -0.39 is 0 Å². The number of fused-ring (bicyclic) bond motifs is 5. The van der Waals surface area contributed by atoms with Crippen molar-refractivity contribution < 1.29 is 14.0 Å². The van der Waals surface area contributed by atoms with Crippen LogP contribution in [-0.2, 0) is 9.59 Å². The van der Waals surface area contributed by atoms with Crippen molar-refractivity contribution in [2.45, 2.75) is 13.3 Å². The highest BCUT2D eigenvalue weighted by atomic mass is 19.1. The van der Waals surface area contributed by atoms with Crippen LogP contribution in [0.3, 0.4) is 0 Å². The second-order valence-electron chi connectivity index (χ2n) is 8.30. The number of hydrogen-bond donors (Lipinski definition) is 0. The van der Waals surface area contributed by atoms with Crippen LogP contribution in [0, 0.1) is 29.5 Å². The van der Waals surface area contributed by atoms with Gasteiger partial charge in [-0.3, -0.25) is 19.4 Å². The third-order valence-corrected chi connectivity index (χ3v) is 6.88. The molecule has 2 heterocycles. The largest absolute Gasteiger partial charge is 0.369 e. The summed E-state index contributed by atoms with van der Waals surface area (Å²) in [5, 5.41) is 0. The number of imide groups is 1. The van der Waals surface area contributed by atoms with E-state index in [1.165, 1.54) is 22.6 Å². The van der Waals surface area contributed by atoms with E-state index in [-0.39, 0.29) is 41.3 Å². The lowest BCUT2D eigenvalue weighted by atomic mass is 9.82. The fourth-order valence-electron chi connectivity index (χ4n) is 5.47. The Hall–Kier alpha value is -2.21. The first-order valence-electron chi connectivity index (χ1n) is 9.79. The number of rotatable bonds is 3. The molecular formula is C21H24FN3O2. The Morgan fingerprint density at radius 2 is 1.67 bits per heavy atom. The summed E-state index contributed by atoms with van der Waals surface area (Å²) in [4.78, 5) is 31.7. The van der Waals surface area contributed by atoms with Crippen LogP contribution < -0.4 is 4.90 Å². The van der Waals surface area contributed by atoms with E-state index in [9.17, 15) is 14.0 Å². The summed E-state index contributed by atoms with van der Waals surface area (Å²) in [6, 6.07) is 6.55. The third kappa shape index (κ3) is 2.61. The molecule has 2 aliphatic heterocycles. The van der Waals surface area contributed by atoms with E-state index in [1.54, 1.807) is 12.1 Å². The van der Waals surface area contributed by atoms with E-state index >= 15 is 0 Å².